The van der Waals surface area contributed by atoms with Gasteiger partial charge in [0.05, 0.1) is 19.2 Å². The van der Waals surface area contributed by atoms with E-state index in [1.54, 1.807) is 48.0 Å². The lowest BCUT2D eigenvalue weighted by molar-refractivity contribution is -0.138. The van der Waals surface area contributed by atoms with Gasteiger partial charge in [-0.15, -0.1) is 0 Å². The summed E-state index contributed by atoms with van der Waals surface area (Å²) in [6, 6.07) is 7.45. The first-order chi connectivity index (χ1) is 17.3. The first-order valence-electron chi connectivity index (χ1n) is 12.5. The maximum atomic E-state index is 14.5. The van der Waals surface area contributed by atoms with Gasteiger partial charge < -0.3 is 24.4 Å². The molecule has 8 nitrogen and oxygen atoms in total. The molecule has 2 amide bonds. The van der Waals surface area contributed by atoms with Crippen LogP contribution in [0.1, 0.15) is 37.0 Å². The molecule has 2 aliphatic rings. The van der Waals surface area contributed by atoms with Crippen molar-refractivity contribution in [2.75, 3.05) is 40.0 Å². The van der Waals surface area contributed by atoms with Gasteiger partial charge in [0.25, 0.3) is 5.91 Å². The van der Waals surface area contributed by atoms with E-state index in [4.69, 9.17) is 9.47 Å². The molecule has 0 bridgehead atoms. The molecular formula is C27H34FN3O5. The molecule has 0 spiro atoms. The van der Waals surface area contributed by atoms with Gasteiger partial charge in [-0.3, -0.25) is 9.59 Å². The van der Waals surface area contributed by atoms with Gasteiger partial charge in [-0.2, -0.15) is 0 Å². The Kier molecular flexibility index (Phi) is 8.21. The molecule has 3 heterocycles. The fourth-order valence-corrected chi connectivity index (χ4v) is 4.78. The molecule has 1 N–H and O–H groups in total. The Labute approximate surface area is 211 Å². The third-order valence-corrected chi connectivity index (χ3v) is 7.11. The van der Waals surface area contributed by atoms with Crippen molar-refractivity contribution in [1.82, 2.24) is 14.8 Å². The largest absolute Gasteiger partial charge is 0.472 e. The van der Waals surface area contributed by atoms with Crippen LogP contribution in [0.2, 0.25) is 0 Å². The minimum atomic E-state index is -0.440. The fraction of sp³-hybridized carbons (Fsp3) is 0.519. The molecule has 0 unspecified atom stereocenters. The van der Waals surface area contributed by atoms with E-state index in [1.807, 2.05) is 6.92 Å². The summed E-state index contributed by atoms with van der Waals surface area (Å²) in [6.07, 6.45) is 2.45. The molecule has 2 aliphatic heterocycles. The van der Waals surface area contributed by atoms with Gasteiger partial charge in [-0.05, 0) is 31.9 Å². The van der Waals surface area contributed by atoms with Gasteiger partial charge in [0.15, 0.2) is 0 Å². The first-order valence-corrected chi connectivity index (χ1v) is 12.5. The zero-order chi connectivity index (χ0) is 25.8. The van der Waals surface area contributed by atoms with E-state index in [1.165, 1.54) is 12.3 Å². The summed E-state index contributed by atoms with van der Waals surface area (Å²) in [5.74, 6) is -0.787. The smallest absolute Gasteiger partial charge is 0.259 e. The van der Waals surface area contributed by atoms with Gasteiger partial charge >= 0.3 is 0 Å². The Morgan fingerprint density at radius 2 is 2.00 bits per heavy atom. The molecule has 36 heavy (non-hydrogen) atoms. The number of amides is 2. The van der Waals surface area contributed by atoms with Crippen LogP contribution < -0.4 is 4.74 Å². The molecule has 0 radical (unpaired) electrons. The minimum Gasteiger partial charge on any atom is -0.472 e. The molecule has 1 fully saturated rings. The predicted octanol–water partition coefficient (Wildman–Crippen LogP) is 2.99. The van der Waals surface area contributed by atoms with Crippen LogP contribution in [0, 0.1) is 17.7 Å². The summed E-state index contributed by atoms with van der Waals surface area (Å²) < 4.78 is 26.1. The van der Waals surface area contributed by atoms with Gasteiger partial charge in [-0.1, -0.05) is 25.1 Å². The van der Waals surface area contributed by atoms with E-state index < -0.39 is 18.0 Å². The van der Waals surface area contributed by atoms with Crippen molar-refractivity contribution in [3.63, 3.8) is 0 Å². The number of hydrogen-bond acceptors (Lipinski definition) is 6. The fourth-order valence-electron chi connectivity index (χ4n) is 4.78. The van der Waals surface area contributed by atoms with Crippen molar-refractivity contribution < 1.29 is 28.6 Å². The third kappa shape index (κ3) is 5.52. The van der Waals surface area contributed by atoms with E-state index in [0.29, 0.717) is 50.3 Å². The number of aromatic nitrogens is 1. The van der Waals surface area contributed by atoms with E-state index >= 15 is 0 Å². The molecule has 4 rings (SSSR count). The predicted molar refractivity (Wildman–Crippen MR) is 132 cm³/mol. The number of likely N-dealkylation sites (N-methyl/N-ethyl adjacent to an activating group) is 1. The van der Waals surface area contributed by atoms with Gasteiger partial charge in [0, 0.05) is 56.0 Å². The van der Waals surface area contributed by atoms with Crippen molar-refractivity contribution in [3.05, 3.63) is 47.9 Å². The highest BCUT2D eigenvalue weighted by Gasteiger charge is 2.35. The summed E-state index contributed by atoms with van der Waals surface area (Å²) in [6.45, 7) is 5.34. The Balaban J connectivity index is 1.66. The number of fused-ring (bicyclic) bond motifs is 1. The van der Waals surface area contributed by atoms with E-state index in [-0.39, 0.29) is 41.7 Å². The Hall–Kier alpha value is -3.04. The highest BCUT2D eigenvalue weighted by Crippen LogP contribution is 2.31. The van der Waals surface area contributed by atoms with Crippen LogP contribution in [0.4, 0.5) is 4.39 Å². The summed E-state index contributed by atoms with van der Waals surface area (Å²) in [4.78, 5) is 34.3. The molecule has 1 saturated heterocycles. The number of rotatable bonds is 6. The summed E-state index contributed by atoms with van der Waals surface area (Å²) in [5.41, 5.74) is 0.986. The first kappa shape index (κ1) is 26.0. The number of carbonyl (C=O) groups is 2. The van der Waals surface area contributed by atoms with Crippen LogP contribution in [0.5, 0.6) is 5.88 Å². The van der Waals surface area contributed by atoms with Gasteiger partial charge in [0.2, 0.25) is 11.8 Å². The second-order valence-corrected chi connectivity index (χ2v) is 9.78. The molecule has 9 heteroatoms. The summed E-state index contributed by atoms with van der Waals surface area (Å²) in [5, 5.41) is 9.85. The monoisotopic (exact) mass is 499 g/mol. The molecule has 0 saturated carbocycles. The highest BCUT2D eigenvalue weighted by molar-refractivity contribution is 5.98. The topological polar surface area (TPSA) is 92.2 Å². The van der Waals surface area contributed by atoms with E-state index in [2.05, 4.69) is 4.98 Å². The number of halogens is 1. The Morgan fingerprint density at radius 1 is 1.28 bits per heavy atom. The molecule has 1 aromatic heterocycles. The summed E-state index contributed by atoms with van der Waals surface area (Å²) >= 11 is 0. The van der Waals surface area contributed by atoms with Crippen molar-refractivity contribution in [2.24, 2.45) is 11.8 Å². The zero-order valence-electron chi connectivity index (χ0n) is 21.0. The van der Waals surface area contributed by atoms with Crippen LogP contribution in [0.25, 0.3) is 11.1 Å². The van der Waals surface area contributed by atoms with Crippen LogP contribution in [-0.2, 0) is 9.53 Å². The number of aliphatic hydroxyl groups is 1. The number of benzene rings is 1. The lowest BCUT2D eigenvalue weighted by Crippen LogP contribution is -2.51. The quantitative estimate of drug-likeness (QED) is 0.657. The highest BCUT2D eigenvalue weighted by atomic mass is 19.1. The number of hydrogen-bond donors (Lipinski definition) is 1. The second-order valence-electron chi connectivity index (χ2n) is 9.78. The van der Waals surface area contributed by atoms with E-state index in [9.17, 15) is 19.1 Å². The standard InChI is InChI=1S/C27H34FN3O5/c1-17-14-31(18(2)16-32)27(34)22-12-20(21-6-4-5-7-23(21)28)13-29-25(22)36-24(17)15-30(3)26(33)19-8-10-35-11-9-19/h4-7,12-13,17-19,24,32H,8-11,14-16H2,1-3H3/t17-,18-,24+/m0/s1. The van der Waals surface area contributed by atoms with Crippen molar-refractivity contribution in [2.45, 2.75) is 38.8 Å². The number of ether oxygens (including phenoxy) is 2. The van der Waals surface area contributed by atoms with Crippen molar-refractivity contribution >= 4 is 11.8 Å². The normalized spacial score (nSPS) is 21.7. The minimum absolute atomic E-state index is 0.0518. The Bertz CT molecular complexity index is 1090. The lowest BCUT2D eigenvalue weighted by atomic mass is 9.96. The molecule has 0 aliphatic carbocycles. The number of pyridine rings is 1. The average molecular weight is 500 g/mol. The molecular weight excluding hydrogens is 465 g/mol. The Morgan fingerprint density at radius 3 is 2.69 bits per heavy atom. The van der Waals surface area contributed by atoms with Crippen LogP contribution in [0.15, 0.2) is 36.5 Å². The second kappa shape index (κ2) is 11.3. The molecule has 194 valence electrons. The third-order valence-electron chi connectivity index (χ3n) is 7.11. The number of nitrogens with zero attached hydrogens (tertiary/aromatic N) is 3. The van der Waals surface area contributed by atoms with E-state index in [0.717, 1.165) is 0 Å². The van der Waals surface area contributed by atoms with Crippen molar-refractivity contribution in [1.29, 1.82) is 0 Å². The maximum Gasteiger partial charge on any atom is 0.259 e. The van der Waals surface area contributed by atoms with Crippen molar-refractivity contribution in [3.8, 4) is 17.0 Å². The maximum absolute atomic E-state index is 14.5. The number of aliphatic hydroxyl groups excluding tert-OH is 1. The van der Waals surface area contributed by atoms with Crippen LogP contribution in [0.3, 0.4) is 0 Å². The van der Waals surface area contributed by atoms with Crippen LogP contribution >= 0.6 is 0 Å². The molecule has 3 atom stereocenters. The van der Waals surface area contributed by atoms with Gasteiger partial charge in [0.1, 0.15) is 17.5 Å². The average Bonchev–Trinajstić information content (AvgIpc) is 2.90. The van der Waals surface area contributed by atoms with Gasteiger partial charge in [-0.25, -0.2) is 9.37 Å². The molecule has 1 aromatic carbocycles. The summed E-state index contributed by atoms with van der Waals surface area (Å²) in [7, 11) is 1.77. The van der Waals surface area contributed by atoms with Crippen LogP contribution in [-0.4, -0.2) is 83.8 Å². The number of carbonyl (C=O) groups excluding carboxylic acids is 2. The lowest BCUT2D eigenvalue weighted by Gasteiger charge is -2.38. The SMILES string of the molecule is C[C@H]1CN([C@@H](C)CO)C(=O)c2cc(-c3ccccc3F)cnc2O[C@@H]1CN(C)C(=O)C1CCOCC1. The zero-order valence-corrected chi connectivity index (χ0v) is 21.0. The molecule has 2 aromatic rings.